The van der Waals surface area contributed by atoms with Gasteiger partial charge in [0, 0.05) is 42.4 Å². The van der Waals surface area contributed by atoms with Crippen molar-refractivity contribution in [1.29, 1.82) is 0 Å². The zero-order chi connectivity index (χ0) is 22.6. The van der Waals surface area contributed by atoms with Crippen molar-refractivity contribution in [3.63, 3.8) is 0 Å². The number of nitrogens with one attached hydrogen (secondary N) is 1. The maximum atomic E-state index is 12.1. The van der Waals surface area contributed by atoms with Crippen LogP contribution in [0.15, 0.2) is 0 Å². The first-order chi connectivity index (χ1) is 14.4. The average molecular weight is 451 g/mol. The second-order valence-corrected chi connectivity index (χ2v) is 8.32. The van der Waals surface area contributed by atoms with E-state index in [1.54, 1.807) is 0 Å². The molecule has 0 saturated carbocycles. The minimum Gasteiger partial charge on any atom is -0.480 e. The standard InChI is InChI=1S/C24H45NO5.Na/c1-4-6-8-10-12-14-16-18-21(26)25-23(24(28)29)20(3)30-22(27)19-17-15-13-11-9-7-5-2;/h20,23H,4-19H2,1-3H3,(H,25,26)(H,28,29);/t20-,23+;/m1./s1. The SMILES string of the molecule is CCCCCCCCCC(=O)N[C@H](C(=O)O)[C@@H](C)OC(=O)CCCCCCCCC.[Na]. The summed E-state index contributed by atoms with van der Waals surface area (Å²) in [5.74, 6) is -1.88. The molecule has 0 bridgehead atoms. The Morgan fingerprint density at radius 2 is 1.16 bits per heavy atom. The number of esters is 1. The molecule has 0 saturated heterocycles. The molecule has 2 atom stereocenters. The van der Waals surface area contributed by atoms with E-state index in [0.29, 0.717) is 6.42 Å². The fraction of sp³-hybridized carbons (Fsp3) is 0.875. The number of carboxylic acid groups (broad SMARTS) is 1. The van der Waals surface area contributed by atoms with Crippen molar-refractivity contribution < 1.29 is 24.2 Å². The molecule has 177 valence electrons. The van der Waals surface area contributed by atoms with Gasteiger partial charge in [0.05, 0.1) is 0 Å². The van der Waals surface area contributed by atoms with Crippen LogP contribution in [0.2, 0.25) is 0 Å². The Morgan fingerprint density at radius 1 is 0.742 bits per heavy atom. The van der Waals surface area contributed by atoms with Gasteiger partial charge in [-0.05, 0) is 19.8 Å². The van der Waals surface area contributed by atoms with E-state index in [0.717, 1.165) is 38.5 Å². The van der Waals surface area contributed by atoms with Crippen LogP contribution < -0.4 is 5.32 Å². The summed E-state index contributed by atoms with van der Waals surface area (Å²) in [6.45, 7) is 5.88. The summed E-state index contributed by atoms with van der Waals surface area (Å²) in [5.41, 5.74) is 0. The number of rotatable bonds is 20. The summed E-state index contributed by atoms with van der Waals surface area (Å²) >= 11 is 0. The van der Waals surface area contributed by atoms with Gasteiger partial charge in [-0.1, -0.05) is 90.9 Å². The summed E-state index contributed by atoms with van der Waals surface area (Å²) in [6, 6.07) is -1.21. The van der Waals surface area contributed by atoms with E-state index in [4.69, 9.17) is 4.74 Å². The third-order valence-corrected chi connectivity index (χ3v) is 5.36. The summed E-state index contributed by atoms with van der Waals surface area (Å²) < 4.78 is 5.27. The fourth-order valence-corrected chi connectivity index (χ4v) is 3.43. The van der Waals surface area contributed by atoms with Crippen LogP contribution in [-0.2, 0) is 19.1 Å². The number of aliphatic carboxylic acids is 1. The van der Waals surface area contributed by atoms with Gasteiger partial charge in [-0.2, -0.15) is 0 Å². The van der Waals surface area contributed by atoms with Crippen LogP contribution in [0.3, 0.4) is 0 Å². The molecule has 2 N–H and O–H groups in total. The average Bonchev–Trinajstić information content (AvgIpc) is 2.70. The van der Waals surface area contributed by atoms with Gasteiger partial charge < -0.3 is 15.2 Å². The first-order valence-electron chi connectivity index (χ1n) is 12.1. The molecular weight excluding hydrogens is 405 g/mol. The molecule has 6 nitrogen and oxygen atoms in total. The Balaban J connectivity index is 0. The van der Waals surface area contributed by atoms with Crippen molar-refractivity contribution in [3.05, 3.63) is 0 Å². The monoisotopic (exact) mass is 450 g/mol. The molecule has 0 aliphatic heterocycles. The first kappa shape index (κ1) is 32.6. The van der Waals surface area contributed by atoms with Crippen molar-refractivity contribution in [2.45, 2.75) is 136 Å². The molecule has 0 rings (SSSR count). The topological polar surface area (TPSA) is 92.7 Å². The number of hydrogen-bond acceptors (Lipinski definition) is 4. The van der Waals surface area contributed by atoms with E-state index >= 15 is 0 Å². The summed E-state index contributed by atoms with van der Waals surface area (Å²) in [4.78, 5) is 35.6. The van der Waals surface area contributed by atoms with Crippen LogP contribution in [0, 0.1) is 0 Å². The number of unbranched alkanes of at least 4 members (excludes halogenated alkanes) is 12. The smallest absolute Gasteiger partial charge is 0.330 e. The molecule has 7 heteroatoms. The van der Waals surface area contributed by atoms with Gasteiger partial charge in [0.1, 0.15) is 6.10 Å². The second kappa shape index (κ2) is 22.6. The Bertz CT molecular complexity index is 473. The normalized spacial score (nSPS) is 12.5. The van der Waals surface area contributed by atoms with Gasteiger partial charge in [-0.3, -0.25) is 9.59 Å². The number of amides is 1. The Morgan fingerprint density at radius 3 is 1.61 bits per heavy atom. The zero-order valence-electron chi connectivity index (χ0n) is 20.5. The van der Waals surface area contributed by atoms with E-state index in [2.05, 4.69) is 19.2 Å². The minimum atomic E-state index is -1.21. The van der Waals surface area contributed by atoms with Crippen LogP contribution in [-0.4, -0.2) is 64.7 Å². The quantitative estimate of drug-likeness (QED) is 0.147. The molecule has 1 amide bonds. The van der Waals surface area contributed by atoms with Crippen LogP contribution in [0.5, 0.6) is 0 Å². The molecule has 0 aliphatic rings. The molecule has 0 fully saturated rings. The predicted molar refractivity (Wildman–Crippen MR) is 126 cm³/mol. The van der Waals surface area contributed by atoms with Crippen molar-refractivity contribution in [2.75, 3.05) is 0 Å². The van der Waals surface area contributed by atoms with Gasteiger partial charge >= 0.3 is 11.9 Å². The first-order valence-corrected chi connectivity index (χ1v) is 12.1. The van der Waals surface area contributed by atoms with E-state index in [1.165, 1.54) is 58.3 Å². The molecule has 0 aliphatic carbocycles. The molecule has 0 spiro atoms. The summed E-state index contributed by atoms with van der Waals surface area (Å²) in [6.07, 6.45) is 15.1. The molecule has 0 aromatic heterocycles. The van der Waals surface area contributed by atoms with Crippen LogP contribution in [0.4, 0.5) is 0 Å². The van der Waals surface area contributed by atoms with E-state index < -0.39 is 24.1 Å². The molecule has 0 aromatic rings. The summed E-state index contributed by atoms with van der Waals surface area (Å²) in [7, 11) is 0. The number of carbonyl (C=O) groups is 3. The van der Waals surface area contributed by atoms with Gasteiger partial charge in [0.2, 0.25) is 5.91 Å². The third-order valence-electron chi connectivity index (χ3n) is 5.36. The van der Waals surface area contributed by atoms with E-state index in [-0.39, 0.29) is 41.9 Å². The summed E-state index contributed by atoms with van der Waals surface area (Å²) in [5, 5.41) is 11.9. The molecule has 31 heavy (non-hydrogen) atoms. The molecule has 0 unspecified atom stereocenters. The van der Waals surface area contributed by atoms with Crippen molar-refractivity contribution in [1.82, 2.24) is 5.32 Å². The second-order valence-electron chi connectivity index (χ2n) is 8.32. The van der Waals surface area contributed by atoms with E-state index in [1.807, 2.05) is 0 Å². The minimum absolute atomic E-state index is 0. The molecular formula is C24H45NNaO5. The molecule has 0 aromatic carbocycles. The molecule has 1 radical (unpaired) electrons. The van der Waals surface area contributed by atoms with Crippen LogP contribution in [0.1, 0.15) is 124 Å². The number of ether oxygens (including phenoxy) is 1. The Kier molecular flexibility index (Phi) is 23.8. The van der Waals surface area contributed by atoms with Gasteiger partial charge in [0.25, 0.3) is 0 Å². The zero-order valence-corrected chi connectivity index (χ0v) is 22.5. The van der Waals surface area contributed by atoms with Gasteiger partial charge in [-0.25, -0.2) is 4.79 Å². The third kappa shape index (κ3) is 19.8. The van der Waals surface area contributed by atoms with Crippen molar-refractivity contribution in [3.8, 4) is 0 Å². The Labute approximate surface area is 211 Å². The van der Waals surface area contributed by atoms with Crippen molar-refractivity contribution in [2.24, 2.45) is 0 Å². The number of hydrogen-bond donors (Lipinski definition) is 2. The maximum absolute atomic E-state index is 12.1. The van der Waals surface area contributed by atoms with Crippen LogP contribution in [0.25, 0.3) is 0 Å². The Hall–Kier alpha value is -0.590. The van der Waals surface area contributed by atoms with Crippen LogP contribution >= 0.6 is 0 Å². The predicted octanol–water partition coefficient (Wildman–Crippen LogP) is 5.39. The van der Waals surface area contributed by atoms with Crippen molar-refractivity contribution >= 4 is 47.4 Å². The number of carboxylic acids is 1. The molecule has 0 heterocycles. The van der Waals surface area contributed by atoms with E-state index in [9.17, 15) is 19.5 Å². The van der Waals surface area contributed by atoms with Gasteiger partial charge in [-0.15, -0.1) is 0 Å². The maximum Gasteiger partial charge on any atom is 0.330 e. The number of carbonyl (C=O) groups excluding carboxylic acids is 2. The van der Waals surface area contributed by atoms with Gasteiger partial charge in [0.15, 0.2) is 6.04 Å². The fourth-order valence-electron chi connectivity index (χ4n) is 3.43. The largest absolute Gasteiger partial charge is 0.480 e.